The third kappa shape index (κ3) is 6.57. The second kappa shape index (κ2) is 11.9. The van der Waals surface area contributed by atoms with Crippen molar-refractivity contribution in [3.05, 3.63) is 16.0 Å². The standard InChI is InChI=1S/C25H40N2O2S/c1-19(2)18-22(28)26-24-23(25(29)27-16-12-9-13-17-27)20-14-10-7-5-3-4-6-8-11-15-21(20)30-24/h19H,3-18H2,1-2H3,(H,26,28). The fourth-order valence-corrected chi connectivity index (χ4v) is 6.04. The van der Waals surface area contributed by atoms with Gasteiger partial charge in [0.1, 0.15) is 5.00 Å². The topological polar surface area (TPSA) is 49.4 Å². The molecule has 2 heterocycles. The zero-order valence-electron chi connectivity index (χ0n) is 19.1. The molecule has 5 heteroatoms. The van der Waals surface area contributed by atoms with Gasteiger partial charge >= 0.3 is 0 Å². The maximum absolute atomic E-state index is 13.6. The summed E-state index contributed by atoms with van der Waals surface area (Å²) < 4.78 is 0. The van der Waals surface area contributed by atoms with E-state index >= 15 is 0 Å². The molecule has 0 spiro atoms. The van der Waals surface area contributed by atoms with E-state index in [4.69, 9.17) is 0 Å². The fraction of sp³-hybridized carbons (Fsp3) is 0.760. The van der Waals surface area contributed by atoms with E-state index in [2.05, 4.69) is 19.2 Å². The SMILES string of the molecule is CC(C)CC(=O)Nc1sc2c(c1C(=O)N1CCCCC1)CCCCCCCCCC2. The van der Waals surface area contributed by atoms with Gasteiger partial charge in [-0.3, -0.25) is 9.59 Å². The van der Waals surface area contributed by atoms with Crippen LogP contribution in [0, 0.1) is 5.92 Å². The summed E-state index contributed by atoms with van der Waals surface area (Å²) in [6, 6.07) is 0. The average molecular weight is 433 g/mol. The summed E-state index contributed by atoms with van der Waals surface area (Å²) in [4.78, 5) is 29.6. The monoisotopic (exact) mass is 432 g/mol. The summed E-state index contributed by atoms with van der Waals surface area (Å²) in [6.07, 6.45) is 16.0. The van der Waals surface area contributed by atoms with Crippen LogP contribution in [0.15, 0.2) is 0 Å². The zero-order chi connectivity index (χ0) is 21.3. The van der Waals surface area contributed by atoms with Crippen LogP contribution in [-0.4, -0.2) is 29.8 Å². The van der Waals surface area contributed by atoms with Crippen LogP contribution in [0.25, 0.3) is 0 Å². The first-order chi connectivity index (χ1) is 14.6. The predicted molar refractivity (Wildman–Crippen MR) is 127 cm³/mol. The third-order valence-electron chi connectivity index (χ3n) is 6.38. The maximum Gasteiger partial charge on any atom is 0.257 e. The van der Waals surface area contributed by atoms with Gasteiger partial charge in [-0.25, -0.2) is 0 Å². The summed E-state index contributed by atoms with van der Waals surface area (Å²) in [5.74, 6) is 0.501. The summed E-state index contributed by atoms with van der Waals surface area (Å²) in [7, 11) is 0. The lowest BCUT2D eigenvalue weighted by Crippen LogP contribution is -2.36. The number of thiophene rings is 1. The zero-order valence-corrected chi connectivity index (χ0v) is 19.9. The van der Waals surface area contributed by atoms with Crippen LogP contribution in [0.1, 0.15) is 112 Å². The van der Waals surface area contributed by atoms with Crippen LogP contribution in [0.4, 0.5) is 5.00 Å². The summed E-state index contributed by atoms with van der Waals surface area (Å²) in [6.45, 7) is 5.82. The minimum Gasteiger partial charge on any atom is -0.339 e. The van der Waals surface area contributed by atoms with Gasteiger partial charge in [-0.05, 0) is 56.4 Å². The van der Waals surface area contributed by atoms with Gasteiger partial charge in [0.15, 0.2) is 0 Å². The average Bonchev–Trinajstić information content (AvgIpc) is 3.04. The number of piperidine rings is 1. The van der Waals surface area contributed by atoms with Crippen LogP contribution in [-0.2, 0) is 17.6 Å². The van der Waals surface area contributed by atoms with Gasteiger partial charge in [-0.2, -0.15) is 0 Å². The highest BCUT2D eigenvalue weighted by molar-refractivity contribution is 7.17. The second-order valence-corrected chi connectivity index (χ2v) is 10.6. The van der Waals surface area contributed by atoms with Crippen molar-refractivity contribution < 1.29 is 9.59 Å². The Morgan fingerprint density at radius 2 is 1.43 bits per heavy atom. The second-order valence-electron chi connectivity index (χ2n) is 9.54. The van der Waals surface area contributed by atoms with Gasteiger partial charge in [0, 0.05) is 24.4 Å². The Hall–Kier alpha value is -1.36. The van der Waals surface area contributed by atoms with Crippen molar-refractivity contribution in [2.75, 3.05) is 18.4 Å². The number of nitrogens with one attached hydrogen (secondary N) is 1. The van der Waals surface area contributed by atoms with Crippen molar-refractivity contribution in [3.63, 3.8) is 0 Å². The number of carbonyl (C=O) groups excluding carboxylic acids is 2. The lowest BCUT2D eigenvalue weighted by molar-refractivity contribution is -0.116. The lowest BCUT2D eigenvalue weighted by Gasteiger charge is -2.27. The number of hydrogen-bond acceptors (Lipinski definition) is 3. The molecule has 1 fully saturated rings. The van der Waals surface area contributed by atoms with Crippen molar-refractivity contribution in [3.8, 4) is 0 Å². The van der Waals surface area contributed by atoms with E-state index < -0.39 is 0 Å². The first kappa shape index (κ1) is 23.3. The molecule has 1 aromatic rings. The normalized spacial score (nSPS) is 19.0. The highest BCUT2D eigenvalue weighted by Crippen LogP contribution is 2.38. The highest BCUT2D eigenvalue weighted by Gasteiger charge is 2.28. The minimum absolute atomic E-state index is 0.0370. The number of aryl methyl sites for hydroxylation is 1. The molecule has 0 saturated carbocycles. The number of rotatable bonds is 4. The fourth-order valence-electron chi connectivity index (χ4n) is 4.74. The molecule has 0 radical (unpaired) electrons. The molecule has 0 atom stereocenters. The number of likely N-dealkylation sites (tertiary alicyclic amines) is 1. The van der Waals surface area contributed by atoms with E-state index in [9.17, 15) is 9.59 Å². The molecule has 1 aliphatic heterocycles. The van der Waals surface area contributed by atoms with Crippen molar-refractivity contribution in [2.24, 2.45) is 5.92 Å². The van der Waals surface area contributed by atoms with Gasteiger partial charge in [0.2, 0.25) is 5.91 Å². The smallest absolute Gasteiger partial charge is 0.257 e. The molecule has 1 aromatic heterocycles. The van der Waals surface area contributed by atoms with Gasteiger partial charge in [-0.1, -0.05) is 52.4 Å². The van der Waals surface area contributed by atoms with Crippen molar-refractivity contribution in [1.82, 2.24) is 4.90 Å². The summed E-state index contributed by atoms with van der Waals surface area (Å²) >= 11 is 1.68. The number of hydrogen-bond donors (Lipinski definition) is 1. The quantitative estimate of drug-likeness (QED) is 0.584. The van der Waals surface area contributed by atoms with Crippen LogP contribution in [0.2, 0.25) is 0 Å². The third-order valence-corrected chi connectivity index (χ3v) is 7.58. The molecule has 30 heavy (non-hydrogen) atoms. The number of anilines is 1. The molecule has 0 bridgehead atoms. The van der Waals surface area contributed by atoms with E-state index in [-0.39, 0.29) is 11.8 Å². The lowest BCUT2D eigenvalue weighted by atomic mass is 9.96. The Kier molecular flexibility index (Phi) is 9.23. The van der Waals surface area contributed by atoms with E-state index in [1.54, 1.807) is 11.3 Å². The molecule has 4 nitrogen and oxygen atoms in total. The molecule has 1 aliphatic carbocycles. The summed E-state index contributed by atoms with van der Waals surface area (Å²) in [5, 5.41) is 3.96. The van der Waals surface area contributed by atoms with Crippen LogP contribution < -0.4 is 5.32 Å². The first-order valence-electron chi connectivity index (χ1n) is 12.3. The predicted octanol–water partition coefficient (Wildman–Crippen LogP) is 6.58. The van der Waals surface area contributed by atoms with E-state index in [1.165, 1.54) is 61.8 Å². The molecular formula is C25H40N2O2S. The Morgan fingerprint density at radius 3 is 2.07 bits per heavy atom. The van der Waals surface area contributed by atoms with Gasteiger partial charge in [0.05, 0.1) is 5.56 Å². The Morgan fingerprint density at radius 1 is 0.867 bits per heavy atom. The summed E-state index contributed by atoms with van der Waals surface area (Å²) in [5.41, 5.74) is 2.07. The van der Waals surface area contributed by atoms with Crippen LogP contribution in [0.3, 0.4) is 0 Å². The van der Waals surface area contributed by atoms with Crippen LogP contribution in [0.5, 0.6) is 0 Å². The van der Waals surface area contributed by atoms with Crippen molar-refractivity contribution >= 4 is 28.2 Å². The van der Waals surface area contributed by atoms with Crippen LogP contribution >= 0.6 is 11.3 Å². The Labute approximate surface area is 186 Å². The molecule has 1 saturated heterocycles. The van der Waals surface area contributed by atoms with E-state index in [0.717, 1.165) is 55.8 Å². The first-order valence-corrected chi connectivity index (χ1v) is 13.1. The molecular weight excluding hydrogens is 392 g/mol. The number of fused-ring (bicyclic) bond motifs is 1. The molecule has 168 valence electrons. The van der Waals surface area contributed by atoms with Gasteiger partial charge < -0.3 is 10.2 Å². The number of amides is 2. The molecule has 3 rings (SSSR count). The molecule has 0 unspecified atom stereocenters. The Bertz CT molecular complexity index is 704. The maximum atomic E-state index is 13.6. The Balaban J connectivity index is 1.91. The van der Waals surface area contributed by atoms with Crippen molar-refractivity contribution in [1.29, 1.82) is 0 Å². The largest absolute Gasteiger partial charge is 0.339 e. The van der Waals surface area contributed by atoms with E-state index in [1.807, 2.05) is 4.90 Å². The van der Waals surface area contributed by atoms with Crippen molar-refractivity contribution in [2.45, 2.75) is 104 Å². The molecule has 1 N–H and O–H groups in total. The van der Waals surface area contributed by atoms with Gasteiger partial charge in [0.25, 0.3) is 5.91 Å². The minimum atomic E-state index is 0.0370. The number of nitrogens with zero attached hydrogens (tertiary/aromatic N) is 1. The van der Waals surface area contributed by atoms with E-state index in [0.29, 0.717) is 12.3 Å². The molecule has 0 aromatic carbocycles. The molecule has 2 amide bonds. The van der Waals surface area contributed by atoms with Gasteiger partial charge in [-0.15, -0.1) is 11.3 Å². The molecule has 2 aliphatic rings. The number of carbonyl (C=O) groups is 2. The highest BCUT2D eigenvalue weighted by atomic mass is 32.1.